The second-order valence-electron chi connectivity index (χ2n) is 9.45. The van der Waals surface area contributed by atoms with E-state index in [0.717, 1.165) is 54.2 Å². The molecule has 0 aliphatic carbocycles. The van der Waals surface area contributed by atoms with Gasteiger partial charge in [-0.3, -0.25) is 4.79 Å². The van der Waals surface area contributed by atoms with Gasteiger partial charge in [0, 0.05) is 37.0 Å². The summed E-state index contributed by atoms with van der Waals surface area (Å²) in [5.74, 6) is -1.40. The van der Waals surface area contributed by atoms with Crippen LogP contribution >= 0.6 is 0 Å². The van der Waals surface area contributed by atoms with Gasteiger partial charge in [0.05, 0.1) is 33.3 Å². The Labute approximate surface area is 199 Å². The summed E-state index contributed by atoms with van der Waals surface area (Å²) < 4.78 is 33.1. The zero-order valence-electron chi connectivity index (χ0n) is 19.4. The molecule has 3 aromatic carbocycles. The number of primary amides is 1. The quantitative estimate of drug-likeness (QED) is 0.369. The number of nitrogens with two attached hydrogens (primary N) is 1. The predicted octanol–water partition coefficient (Wildman–Crippen LogP) is 4.67. The molecule has 1 fully saturated rings. The van der Waals surface area contributed by atoms with Gasteiger partial charge >= 0.3 is 0 Å². The molecular formula is C28H31F2N2O2+. The number of halogens is 2. The van der Waals surface area contributed by atoms with Crippen LogP contribution in [0.3, 0.4) is 0 Å². The first kappa shape index (κ1) is 23.9. The number of hydrogen-bond acceptors (Lipinski definition) is 2. The number of likely N-dealkylation sites (tertiary alicyclic amines) is 1. The van der Waals surface area contributed by atoms with Crippen LogP contribution in [0, 0.1) is 17.6 Å². The van der Waals surface area contributed by atoms with Crippen molar-refractivity contribution >= 4 is 5.91 Å². The van der Waals surface area contributed by atoms with E-state index < -0.39 is 17.0 Å². The first-order chi connectivity index (χ1) is 16.3. The summed E-state index contributed by atoms with van der Waals surface area (Å²) in [4.78, 5) is 13.2. The monoisotopic (exact) mass is 465 g/mol. The standard InChI is InChI=1S/C28H30F2N2O2/c1-32(14-8-16-34-26-18-24(29)17-25(30)19-26)15-13-23(20-32)28(27(31)33,21-9-4-2-5-10-21)22-11-6-3-7-12-22/h2-7,9-12,17-19,23H,8,13-16,20H2,1H3,(H-,31,33)/p+1/t23-,32?/m0/s1. The average Bonchev–Trinajstić information content (AvgIpc) is 3.20. The highest BCUT2D eigenvalue weighted by molar-refractivity contribution is 5.91. The molecule has 178 valence electrons. The summed E-state index contributed by atoms with van der Waals surface area (Å²) in [6.07, 6.45) is 1.58. The average molecular weight is 466 g/mol. The lowest BCUT2D eigenvalue weighted by molar-refractivity contribution is -0.899. The molecule has 2 atom stereocenters. The molecule has 4 nitrogen and oxygen atoms in total. The van der Waals surface area contributed by atoms with Crippen LogP contribution in [0.5, 0.6) is 5.75 Å². The van der Waals surface area contributed by atoms with E-state index in [1.54, 1.807) is 0 Å². The molecule has 0 aromatic heterocycles. The van der Waals surface area contributed by atoms with Gasteiger partial charge in [0.2, 0.25) is 5.91 Å². The van der Waals surface area contributed by atoms with Gasteiger partial charge in [-0.2, -0.15) is 0 Å². The molecule has 3 aromatic rings. The van der Waals surface area contributed by atoms with E-state index in [1.165, 1.54) is 12.1 Å². The van der Waals surface area contributed by atoms with Gasteiger partial charge in [-0.15, -0.1) is 0 Å². The van der Waals surface area contributed by atoms with Crippen molar-refractivity contribution < 1.29 is 22.8 Å². The molecule has 1 saturated heterocycles. The molecule has 4 rings (SSSR count). The highest BCUT2D eigenvalue weighted by Crippen LogP contribution is 2.45. The Hall–Kier alpha value is -3.25. The van der Waals surface area contributed by atoms with E-state index in [1.807, 2.05) is 60.7 Å². The van der Waals surface area contributed by atoms with Crippen molar-refractivity contribution in [1.82, 2.24) is 0 Å². The van der Waals surface area contributed by atoms with Crippen molar-refractivity contribution in [2.75, 3.05) is 33.3 Å². The van der Waals surface area contributed by atoms with Gasteiger partial charge in [0.1, 0.15) is 22.8 Å². The van der Waals surface area contributed by atoms with Crippen molar-refractivity contribution in [2.45, 2.75) is 18.3 Å². The third kappa shape index (κ3) is 4.82. The summed E-state index contributed by atoms with van der Waals surface area (Å²) in [6, 6.07) is 22.9. The lowest BCUT2D eigenvalue weighted by Crippen LogP contribution is -2.51. The number of nitrogens with zero attached hydrogens (tertiary/aromatic N) is 1. The molecule has 34 heavy (non-hydrogen) atoms. The smallest absolute Gasteiger partial charge is 0.233 e. The third-order valence-corrected chi connectivity index (χ3v) is 7.08. The number of carbonyl (C=O) groups excluding carboxylic acids is 1. The van der Waals surface area contributed by atoms with Crippen LogP contribution in [-0.2, 0) is 10.2 Å². The molecule has 1 unspecified atom stereocenters. The van der Waals surface area contributed by atoms with Crippen LogP contribution in [0.25, 0.3) is 0 Å². The zero-order chi connectivity index (χ0) is 24.2. The number of carbonyl (C=O) groups is 1. The molecule has 0 spiro atoms. The van der Waals surface area contributed by atoms with E-state index >= 15 is 0 Å². The minimum absolute atomic E-state index is 0.0398. The predicted molar refractivity (Wildman–Crippen MR) is 128 cm³/mol. The fourth-order valence-electron chi connectivity index (χ4n) is 5.51. The fourth-order valence-corrected chi connectivity index (χ4v) is 5.51. The summed E-state index contributed by atoms with van der Waals surface area (Å²) in [6.45, 7) is 2.89. The van der Waals surface area contributed by atoms with Gasteiger partial charge in [0.25, 0.3) is 0 Å². The van der Waals surface area contributed by atoms with E-state index in [0.29, 0.717) is 6.61 Å². The molecule has 1 heterocycles. The van der Waals surface area contributed by atoms with Gasteiger partial charge < -0.3 is 15.0 Å². The SMILES string of the molecule is C[N+]1(CCCOc2cc(F)cc(F)c2)CC[C@H](C(C(N)=O)(c2ccccc2)c2ccccc2)C1. The Morgan fingerprint density at radius 2 is 1.56 bits per heavy atom. The molecule has 1 amide bonds. The molecule has 1 aliphatic heterocycles. The Morgan fingerprint density at radius 1 is 1.00 bits per heavy atom. The van der Waals surface area contributed by atoms with Crippen LogP contribution in [-0.4, -0.2) is 43.7 Å². The molecule has 2 N–H and O–H groups in total. The maximum atomic E-state index is 13.4. The van der Waals surface area contributed by atoms with Crippen LogP contribution in [0.15, 0.2) is 78.9 Å². The van der Waals surface area contributed by atoms with E-state index in [-0.39, 0.29) is 17.6 Å². The first-order valence-corrected chi connectivity index (χ1v) is 11.7. The Morgan fingerprint density at radius 3 is 2.09 bits per heavy atom. The van der Waals surface area contributed by atoms with E-state index in [4.69, 9.17) is 10.5 Å². The number of quaternary nitrogens is 1. The lowest BCUT2D eigenvalue weighted by Gasteiger charge is -2.38. The minimum atomic E-state index is -0.909. The molecule has 0 radical (unpaired) electrons. The number of hydrogen-bond donors (Lipinski definition) is 1. The highest BCUT2D eigenvalue weighted by atomic mass is 19.1. The highest BCUT2D eigenvalue weighted by Gasteiger charge is 2.53. The van der Waals surface area contributed by atoms with Crippen molar-refractivity contribution in [3.63, 3.8) is 0 Å². The summed E-state index contributed by atoms with van der Waals surface area (Å²) in [5.41, 5.74) is 7.12. The Balaban J connectivity index is 1.51. The van der Waals surface area contributed by atoms with Crippen molar-refractivity contribution in [1.29, 1.82) is 0 Å². The van der Waals surface area contributed by atoms with Crippen molar-refractivity contribution in [2.24, 2.45) is 11.7 Å². The maximum absolute atomic E-state index is 13.4. The molecular weight excluding hydrogens is 434 g/mol. The second kappa shape index (κ2) is 9.94. The second-order valence-corrected chi connectivity index (χ2v) is 9.45. The third-order valence-electron chi connectivity index (χ3n) is 7.08. The summed E-state index contributed by atoms with van der Waals surface area (Å²) in [5, 5.41) is 0. The normalized spacial score (nSPS) is 20.3. The van der Waals surface area contributed by atoms with Crippen molar-refractivity contribution in [3.8, 4) is 5.75 Å². The van der Waals surface area contributed by atoms with Gasteiger partial charge in [-0.1, -0.05) is 60.7 Å². The maximum Gasteiger partial charge on any atom is 0.233 e. The number of benzene rings is 3. The van der Waals surface area contributed by atoms with Gasteiger partial charge in [0.15, 0.2) is 0 Å². The lowest BCUT2D eigenvalue weighted by atomic mass is 9.64. The Bertz CT molecular complexity index is 1060. The van der Waals surface area contributed by atoms with Crippen LogP contribution in [0.2, 0.25) is 0 Å². The zero-order valence-corrected chi connectivity index (χ0v) is 19.4. The Kier molecular flexibility index (Phi) is 6.98. The number of amides is 1. The van der Waals surface area contributed by atoms with Crippen LogP contribution < -0.4 is 10.5 Å². The van der Waals surface area contributed by atoms with Crippen LogP contribution in [0.4, 0.5) is 8.78 Å². The van der Waals surface area contributed by atoms with Crippen LogP contribution in [0.1, 0.15) is 24.0 Å². The van der Waals surface area contributed by atoms with Gasteiger partial charge in [-0.25, -0.2) is 8.78 Å². The first-order valence-electron chi connectivity index (χ1n) is 11.7. The minimum Gasteiger partial charge on any atom is -0.493 e. The fraction of sp³-hybridized carbons (Fsp3) is 0.321. The van der Waals surface area contributed by atoms with E-state index in [2.05, 4.69) is 7.05 Å². The number of ether oxygens (including phenoxy) is 1. The number of rotatable bonds is 9. The largest absolute Gasteiger partial charge is 0.493 e. The van der Waals surface area contributed by atoms with Gasteiger partial charge in [-0.05, 0) is 11.1 Å². The summed E-state index contributed by atoms with van der Waals surface area (Å²) >= 11 is 0. The molecule has 0 saturated carbocycles. The molecule has 6 heteroatoms. The van der Waals surface area contributed by atoms with Crippen molar-refractivity contribution in [3.05, 3.63) is 102 Å². The topological polar surface area (TPSA) is 52.3 Å². The summed E-state index contributed by atoms with van der Waals surface area (Å²) in [7, 11) is 2.18. The molecule has 1 aliphatic rings. The van der Waals surface area contributed by atoms with E-state index in [9.17, 15) is 13.6 Å². The molecule has 0 bridgehead atoms.